The Morgan fingerprint density at radius 1 is 1.40 bits per heavy atom. The maximum Gasteiger partial charge on any atom is 0.0750 e. The van der Waals surface area contributed by atoms with Crippen molar-refractivity contribution >= 4 is 5.69 Å². The fourth-order valence-electron chi connectivity index (χ4n) is 2.80. The summed E-state index contributed by atoms with van der Waals surface area (Å²) in [5.41, 5.74) is 3.67. The van der Waals surface area contributed by atoms with E-state index in [4.69, 9.17) is 4.74 Å². The predicted octanol–water partition coefficient (Wildman–Crippen LogP) is 2.26. The maximum atomic E-state index is 5.75. The molecule has 0 aromatic carbocycles. The van der Waals surface area contributed by atoms with Gasteiger partial charge in [0.1, 0.15) is 0 Å². The Morgan fingerprint density at radius 2 is 2.25 bits per heavy atom. The van der Waals surface area contributed by atoms with Crippen molar-refractivity contribution in [3.8, 4) is 0 Å². The summed E-state index contributed by atoms with van der Waals surface area (Å²) in [4.78, 5) is 6.78. The average molecular weight is 275 g/mol. The highest BCUT2D eigenvalue weighted by Gasteiger charge is 2.22. The Labute approximate surface area is 121 Å². The number of likely N-dealkylation sites (N-methyl/N-ethyl adjacent to an activating group) is 1. The number of anilines is 1. The van der Waals surface area contributed by atoms with Gasteiger partial charge in [-0.15, -0.1) is 0 Å². The van der Waals surface area contributed by atoms with Crippen LogP contribution in [0.1, 0.15) is 36.9 Å². The van der Waals surface area contributed by atoms with Crippen molar-refractivity contribution in [3.05, 3.63) is 23.5 Å². The molecule has 4 heteroatoms. The van der Waals surface area contributed by atoms with Gasteiger partial charge < -0.3 is 15.0 Å². The van der Waals surface area contributed by atoms with E-state index in [0.717, 1.165) is 31.4 Å². The van der Waals surface area contributed by atoms with Crippen LogP contribution in [0.2, 0.25) is 0 Å². The highest BCUT2D eigenvalue weighted by atomic mass is 16.5. The molecule has 1 aromatic rings. The SMILES string of the molecule is Cc1cc(N(C)CC2CCCO2)c(CNC2CC2)cn1. The number of hydrogen-bond acceptors (Lipinski definition) is 4. The normalized spacial score (nSPS) is 22.2. The number of pyridine rings is 1. The minimum absolute atomic E-state index is 0.387. The number of aromatic nitrogens is 1. The smallest absolute Gasteiger partial charge is 0.0750 e. The lowest BCUT2D eigenvalue weighted by molar-refractivity contribution is 0.116. The number of aryl methyl sites for hydroxylation is 1. The summed E-state index contributed by atoms with van der Waals surface area (Å²) in [6, 6.07) is 2.92. The molecule has 1 unspecified atom stereocenters. The molecule has 110 valence electrons. The van der Waals surface area contributed by atoms with Crippen LogP contribution in [-0.4, -0.2) is 37.3 Å². The zero-order chi connectivity index (χ0) is 13.9. The molecule has 1 aliphatic heterocycles. The minimum Gasteiger partial charge on any atom is -0.376 e. The van der Waals surface area contributed by atoms with Crippen molar-refractivity contribution in [2.45, 2.75) is 51.3 Å². The van der Waals surface area contributed by atoms with E-state index in [9.17, 15) is 0 Å². The summed E-state index contributed by atoms with van der Waals surface area (Å²) >= 11 is 0. The number of nitrogens with zero attached hydrogens (tertiary/aromatic N) is 2. The van der Waals surface area contributed by atoms with Crippen LogP contribution in [0.25, 0.3) is 0 Å². The zero-order valence-corrected chi connectivity index (χ0v) is 12.6. The Kier molecular flexibility index (Phi) is 4.22. The van der Waals surface area contributed by atoms with Crippen LogP contribution in [0.15, 0.2) is 12.3 Å². The predicted molar refractivity (Wildman–Crippen MR) is 81.1 cm³/mol. The van der Waals surface area contributed by atoms with E-state index in [1.165, 1.54) is 36.9 Å². The molecule has 2 aliphatic rings. The number of rotatable bonds is 6. The molecular weight excluding hydrogens is 250 g/mol. The van der Waals surface area contributed by atoms with E-state index in [1.54, 1.807) is 0 Å². The van der Waals surface area contributed by atoms with Crippen LogP contribution in [-0.2, 0) is 11.3 Å². The van der Waals surface area contributed by atoms with Crippen LogP contribution in [0, 0.1) is 6.92 Å². The fourth-order valence-corrected chi connectivity index (χ4v) is 2.80. The van der Waals surface area contributed by atoms with E-state index in [2.05, 4.69) is 35.2 Å². The summed E-state index contributed by atoms with van der Waals surface area (Å²) < 4.78 is 5.75. The van der Waals surface area contributed by atoms with Crippen molar-refractivity contribution in [2.75, 3.05) is 25.1 Å². The highest BCUT2D eigenvalue weighted by Crippen LogP contribution is 2.24. The molecular formula is C16H25N3O. The second-order valence-electron chi connectivity index (χ2n) is 6.13. The molecule has 0 spiro atoms. The molecule has 1 aliphatic carbocycles. The van der Waals surface area contributed by atoms with Gasteiger partial charge in [-0.25, -0.2) is 0 Å². The molecule has 4 nitrogen and oxygen atoms in total. The first-order valence-electron chi connectivity index (χ1n) is 7.74. The van der Waals surface area contributed by atoms with E-state index in [1.807, 2.05) is 6.20 Å². The minimum atomic E-state index is 0.387. The lowest BCUT2D eigenvalue weighted by Gasteiger charge is -2.25. The van der Waals surface area contributed by atoms with Crippen molar-refractivity contribution in [1.29, 1.82) is 0 Å². The number of nitrogens with one attached hydrogen (secondary N) is 1. The van der Waals surface area contributed by atoms with Gasteiger partial charge in [-0.2, -0.15) is 0 Å². The van der Waals surface area contributed by atoms with Gasteiger partial charge in [-0.05, 0) is 38.7 Å². The van der Waals surface area contributed by atoms with Crippen molar-refractivity contribution in [2.24, 2.45) is 0 Å². The van der Waals surface area contributed by atoms with Gasteiger partial charge in [-0.3, -0.25) is 4.98 Å². The molecule has 1 aromatic heterocycles. The lowest BCUT2D eigenvalue weighted by Crippen LogP contribution is -2.30. The van der Waals surface area contributed by atoms with Crippen LogP contribution in [0.5, 0.6) is 0 Å². The topological polar surface area (TPSA) is 37.4 Å². The largest absolute Gasteiger partial charge is 0.376 e. The van der Waals surface area contributed by atoms with Gasteiger partial charge in [-0.1, -0.05) is 0 Å². The molecule has 1 N–H and O–H groups in total. The Hall–Kier alpha value is -1.13. The Bertz CT molecular complexity index is 453. The van der Waals surface area contributed by atoms with E-state index >= 15 is 0 Å². The molecule has 2 fully saturated rings. The second-order valence-corrected chi connectivity index (χ2v) is 6.13. The maximum absolute atomic E-state index is 5.75. The van der Waals surface area contributed by atoms with E-state index in [-0.39, 0.29) is 0 Å². The molecule has 3 rings (SSSR count). The van der Waals surface area contributed by atoms with Crippen LogP contribution < -0.4 is 10.2 Å². The summed E-state index contributed by atoms with van der Waals surface area (Å²) in [5, 5.41) is 3.58. The molecule has 0 amide bonds. The monoisotopic (exact) mass is 275 g/mol. The van der Waals surface area contributed by atoms with Gasteiger partial charge in [0.25, 0.3) is 0 Å². The first-order valence-corrected chi connectivity index (χ1v) is 7.74. The number of ether oxygens (including phenoxy) is 1. The van der Waals surface area contributed by atoms with Gasteiger partial charge in [0.05, 0.1) is 6.10 Å². The summed E-state index contributed by atoms with van der Waals surface area (Å²) in [5.74, 6) is 0. The van der Waals surface area contributed by atoms with Gasteiger partial charge in [0.2, 0.25) is 0 Å². The Balaban J connectivity index is 1.68. The van der Waals surface area contributed by atoms with Crippen LogP contribution >= 0.6 is 0 Å². The molecule has 0 radical (unpaired) electrons. The van der Waals surface area contributed by atoms with E-state index < -0.39 is 0 Å². The van der Waals surface area contributed by atoms with E-state index in [0.29, 0.717) is 6.10 Å². The third kappa shape index (κ3) is 3.49. The van der Waals surface area contributed by atoms with Crippen LogP contribution in [0.4, 0.5) is 5.69 Å². The molecule has 1 atom stereocenters. The highest BCUT2D eigenvalue weighted by molar-refractivity contribution is 5.53. The third-order valence-electron chi connectivity index (χ3n) is 4.17. The molecule has 1 saturated carbocycles. The standard InChI is InChI=1S/C16H25N3O/c1-12-8-16(19(2)11-15-4-3-7-20-15)13(9-17-12)10-18-14-5-6-14/h8-9,14-15,18H,3-7,10-11H2,1-2H3. The average Bonchev–Trinajstić information content (AvgIpc) is 3.13. The first kappa shape index (κ1) is 13.8. The van der Waals surface area contributed by atoms with Crippen molar-refractivity contribution < 1.29 is 4.74 Å². The summed E-state index contributed by atoms with van der Waals surface area (Å²) in [6.07, 6.45) is 7.43. The van der Waals surface area contributed by atoms with Crippen LogP contribution in [0.3, 0.4) is 0 Å². The van der Waals surface area contributed by atoms with Gasteiger partial charge in [0, 0.05) is 55.9 Å². The first-order chi connectivity index (χ1) is 9.72. The summed E-state index contributed by atoms with van der Waals surface area (Å²) in [6.45, 7) is 4.87. The zero-order valence-electron chi connectivity index (χ0n) is 12.6. The van der Waals surface area contributed by atoms with Gasteiger partial charge >= 0.3 is 0 Å². The summed E-state index contributed by atoms with van der Waals surface area (Å²) in [7, 11) is 2.16. The molecule has 2 heterocycles. The second kappa shape index (κ2) is 6.10. The fraction of sp³-hybridized carbons (Fsp3) is 0.688. The van der Waals surface area contributed by atoms with Crippen molar-refractivity contribution in [3.63, 3.8) is 0 Å². The number of hydrogen-bond donors (Lipinski definition) is 1. The van der Waals surface area contributed by atoms with Crippen molar-refractivity contribution in [1.82, 2.24) is 10.3 Å². The molecule has 20 heavy (non-hydrogen) atoms. The lowest BCUT2D eigenvalue weighted by atomic mass is 10.1. The van der Waals surface area contributed by atoms with Gasteiger partial charge in [0.15, 0.2) is 0 Å². The quantitative estimate of drug-likeness (QED) is 0.864. The molecule has 0 bridgehead atoms. The third-order valence-corrected chi connectivity index (χ3v) is 4.17. The molecule has 1 saturated heterocycles. The Morgan fingerprint density at radius 3 is 2.95 bits per heavy atom.